The quantitative estimate of drug-likeness (QED) is 0.219. The average Bonchev–Trinajstić information content (AvgIpc) is 3.23. The van der Waals surface area contributed by atoms with Gasteiger partial charge in [0.1, 0.15) is 27.8 Å². The molecule has 0 spiro atoms. The third kappa shape index (κ3) is 4.71. The van der Waals surface area contributed by atoms with E-state index < -0.39 is 10.0 Å². The Hall–Kier alpha value is -4.63. The smallest absolute Gasteiger partial charge is 0.265 e. The van der Waals surface area contributed by atoms with Crippen LogP contribution in [0.3, 0.4) is 0 Å². The molecule has 8 nitrogen and oxygen atoms in total. The van der Waals surface area contributed by atoms with E-state index >= 15 is 0 Å². The van der Waals surface area contributed by atoms with Crippen molar-refractivity contribution in [3.05, 3.63) is 97.1 Å². The molecule has 1 N–H and O–H groups in total. The molecule has 0 radical (unpaired) electrons. The van der Waals surface area contributed by atoms with Gasteiger partial charge in [-0.25, -0.2) is 8.42 Å². The van der Waals surface area contributed by atoms with Crippen LogP contribution in [-0.4, -0.2) is 27.2 Å². The van der Waals surface area contributed by atoms with Crippen LogP contribution in [0.2, 0.25) is 0 Å². The number of anilines is 1. The first kappa shape index (κ1) is 25.0. The number of fused-ring (bicyclic) bond motifs is 1. The molecule has 9 heteroatoms. The molecular formula is C29H26N4O4S. The fourth-order valence-corrected chi connectivity index (χ4v) is 5.59. The first-order valence-electron chi connectivity index (χ1n) is 11.8. The zero-order valence-corrected chi connectivity index (χ0v) is 21.9. The number of aryl methyl sites for hydroxylation is 1. The van der Waals surface area contributed by atoms with Crippen molar-refractivity contribution >= 4 is 38.0 Å². The lowest BCUT2D eigenvalue weighted by atomic mass is 10.1. The number of methoxy groups -OCH3 is 2. The summed E-state index contributed by atoms with van der Waals surface area (Å²) in [6.07, 6.45) is 0. The van der Waals surface area contributed by atoms with Crippen molar-refractivity contribution in [2.24, 2.45) is 17.3 Å². The molecule has 4 aromatic carbocycles. The van der Waals surface area contributed by atoms with Gasteiger partial charge in [0.25, 0.3) is 10.0 Å². The van der Waals surface area contributed by atoms with Gasteiger partial charge >= 0.3 is 0 Å². The highest BCUT2D eigenvalue weighted by Crippen LogP contribution is 2.43. The predicted molar refractivity (Wildman–Crippen MR) is 149 cm³/mol. The summed E-state index contributed by atoms with van der Waals surface area (Å²) in [6, 6.07) is 29.5. The standard InChI is InChI=1S/C29H26N4O4S/c1-33-24-17-11-10-16-22(24)28(29(33)20-12-6-4-7-13-20)31-30-23-18-26(37-3)27(19-25(23)36-2)38(34,35)32-21-14-8-5-9-15-21/h4-19,32H,1-3H3. The lowest BCUT2D eigenvalue weighted by molar-refractivity contribution is 0.393. The van der Waals surface area contributed by atoms with E-state index in [4.69, 9.17) is 9.47 Å². The van der Waals surface area contributed by atoms with Crippen LogP contribution in [0.5, 0.6) is 11.5 Å². The van der Waals surface area contributed by atoms with Crippen LogP contribution < -0.4 is 14.2 Å². The Bertz CT molecular complexity index is 1730. The Balaban J connectivity index is 1.61. The van der Waals surface area contributed by atoms with Gasteiger partial charge in [0, 0.05) is 35.8 Å². The minimum absolute atomic E-state index is 0.0743. The van der Waals surface area contributed by atoms with Gasteiger partial charge in [-0.3, -0.25) is 4.72 Å². The summed E-state index contributed by atoms with van der Waals surface area (Å²) < 4.78 is 42.0. The molecular weight excluding hydrogens is 500 g/mol. The number of azo groups is 1. The van der Waals surface area contributed by atoms with E-state index in [9.17, 15) is 8.42 Å². The highest BCUT2D eigenvalue weighted by Gasteiger charge is 2.24. The van der Waals surface area contributed by atoms with Gasteiger partial charge < -0.3 is 14.0 Å². The summed E-state index contributed by atoms with van der Waals surface area (Å²) in [5.41, 5.74) is 4.37. The monoisotopic (exact) mass is 526 g/mol. The Morgan fingerprint density at radius 3 is 2.08 bits per heavy atom. The summed E-state index contributed by atoms with van der Waals surface area (Å²) in [4.78, 5) is -0.0743. The molecule has 192 valence electrons. The minimum atomic E-state index is -3.97. The molecule has 0 bridgehead atoms. The maximum atomic E-state index is 13.2. The lowest BCUT2D eigenvalue weighted by Gasteiger charge is -2.14. The van der Waals surface area contributed by atoms with Gasteiger partial charge in [-0.15, -0.1) is 10.2 Å². The number of ether oxygens (including phenoxy) is 2. The van der Waals surface area contributed by atoms with Crippen molar-refractivity contribution in [1.29, 1.82) is 0 Å². The number of nitrogens with zero attached hydrogens (tertiary/aromatic N) is 3. The van der Waals surface area contributed by atoms with Crippen molar-refractivity contribution < 1.29 is 17.9 Å². The number of benzene rings is 4. The summed E-state index contributed by atoms with van der Waals surface area (Å²) in [7, 11) is 0.880. The first-order valence-corrected chi connectivity index (χ1v) is 13.3. The number of para-hydroxylation sites is 2. The molecule has 0 atom stereocenters. The molecule has 0 saturated heterocycles. The van der Waals surface area contributed by atoms with Gasteiger partial charge in [0.05, 0.1) is 25.4 Å². The first-order chi connectivity index (χ1) is 18.4. The normalized spacial score (nSPS) is 11.7. The second-order valence-electron chi connectivity index (χ2n) is 8.49. The van der Waals surface area contributed by atoms with Gasteiger partial charge in [-0.1, -0.05) is 66.7 Å². The fraction of sp³-hybridized carbons (Fsp3) is 0.103. The third-order valence-corrected chi connectivity index (χ3v) is 7.57. The Labute approximate surface area is 221 Å². The molecule has 1 aromatic heterocycles. The summed E-state index contributed by atoms with van der Waals surface area (Å²) in [5.74, 6) is 0.355. The highest BCUT2D eigenvalue weighted by molar-refractivity contribution is 7.92. The summed E-state index contributed by atoms with van der Waals surface area (Å²) in [6.45, 7) is 0. The van der Waals surface area contributed by atoms with Gasteiger partial charge in [-0.2, -0.15) is 0 Å². The van der Waals surface area contributed by atoms with Crippen LogP contribution in [-0.2, 0) is 17.1 Å². The van der Waals surface area contributed by atoms with Crippen molar-refractivity contribution in [1.82, 2.24) is 4.57 Å². The summed E-state index contributed by atoms with van der Waals surface area (Å²) >= 11 is 0. The van der Waals surface area contributed by atoms with Crippen LogP contribution in [0.1, 0.15) is 0 Å². The van der Waals surface area contributed by atoms with Gasteiger partial charge in [0.15, 0.2) is 0 Å². The SMILES string of the molecule is COc1cc(S(=O)(=O)Nc2ccccc2)c(OC)cc1N=Nc1c(-c2ccccc2)n(C)c2ccccc12. The number of rotatable bonds is 8. The number of hydrogen-bond acceptors (Lipinski definition) is 6. The van der Waals surface area contributed by atoms with Crippen molar-refractivity contribution in [2.75, 3.05) is 18.9 Å². The molecule has 0 amide bonds. The van der Waals surface area contributed by atoms with E-state index in [0.29, 0.717) is 17.1 Å². The van der Waals surface area contributed by atoms with Crippen LogP contribution >= 0.6 is 0 Å². The molecule has 0 unspecified atom stereocenters. The van der Waals surface area contributed by atoms with Crippen LogP contribution in [0.25, 0.3) is 22.2 Å². The number of nitrogens with one attached hydrogen (secondary N) is 1. The predicted octanol–water partition coefficient (Wildman–Crippen LogP) is 7.08. The van der Waals surface area contributed by atoms with Crippen molar-refractivity contribution in [3.8, 4) is 22.8 Å². The molecule has 0 aliphatic rings. The largest absolute Gasteiger partial charge is 0.495 e. The van der Waals surface area contributed by atoms with E-state index in [1.165, 1.54) is 26.4 Å². The molecule has 1 heterocycles. The van der Waals surface area contributed by atoms with Gasteiger partial charge in [0.2, 0.25) is 0 Å². The Morgan fingerprint density at radius 2 is 1.39 bits per heavy atom. The molecule has 38 heavy (non-hydrogen) atoms. The van der Waals surface area contributed by atoms with E-state index in [-0.39, 0.29) is 16.4 Å². The second-order valence-corrected chi connectivity index (χ2v) is 10.1. The molecule has 5 aromatic rings. The number of sulfonamides is 1. The Morgan fingerprint density at radius 1 is 0.763 bits per heavy atom. The highest BCUT2D eigenvalue weighted by atomic mass is 32.2. The maximum absolute atomic E-state index is 13.2. The lowest BCUT2D eigenvalue weighted by Crippen LogP contribution is -2.14. The topological polar surface area (TPSA) is 94.3 Å². The molecule has 0 fully saturated rings. The molecule has 5 rings (SSSR count). The fourth-order valence-electron chi connectivity index (χ4n) is 4.36. The average molecular weight is 527 g/mol. The van der Waals surface area contributed by atoms with Crippen LogP contribution in [0, 0.1) is 0 Å². The number of aromatic nitrogens is 1. The van der Waals surface area contributed by atoms with Crippen molar-refractivity contribution in [2.45, 2.75) is 4.90 Å². The van der Waals surface area contributed by atoms with E-state index in [2.05, 4.69) is 19.5 Å². The second kappa shape index (κ2) is 10.4. The number of hydrogen-bond donors (Lipinski definition) is 1. The molecule has 0 saturated carbocycles. The molecule has 0 aliphatic carbocycles. The van der Waals surface area contributed by atoms with Crippen molar-refractivity contribution in [3.63, 3.8) is 0 Å². The summed E-state index contributed by atoms with van der Waals surface area (Å²) in [5, 5.41) is 10.1. The van der Waals surface area contributed by atoms with Crippen LogP contribution in [0.15, 0.2) is 112 Å². The zero-order valence-electron chi connectivity index (χ0n) is 21.1. The van der Waals surface area contributed by atoms with E-state index in [1.54, 1.807) is 30.3 Å². The van der Waals surface area contributed by atoms with E-state index in [0.717, 1.165) is 22.2 Å². The minimum Gasteiger partial charge on any atom is -0.495 e. The maximum Gasteiger partial charge on any atom is 0.265 e. The van der Waals surface area contributed by atoms with Crippen LogP contribution in [0.4, 0.5) is 17.1 Å². The third-order valence-electron chi connectivity index (χ3n) is 6.17. The zero-order chi connectivity index (χ0) is 26.7. The molecule has 0 aliphatic heterocycles. The van der Waals surface area contributed by atoms with E-state index in [1.807, 2.05) is 61.6 Å². The Kier molecular flexibility index (Phi) is 6.85. The van der Waals surface area contributed by atoms with Gasteiger partial charge in [-0.05, 0) is 18.2 Å².